The Morgan fingerprint density at radius 2 is 2.05 bits per heavy atom. The fraction of sp³-hybridized carbons (Fsp3) is 0.438. The standard InChI is InChI=1S/C16H22BrN3/c1-10(2)12-7-6-11(3)13(8-12)16-15(17)14(9-18-4)20(5)19-16/h6-8,10,18H,9H2,1-5H3. The number of nitrogens with zero attached hydrogens (tertiary/aromatic N) is 2. The van der Waals surface area contributed by atoms with Crippen LogP contribution >= 0.6 is 15.9 Å². The quantitative estimate of drug-likeness (QED) is 0.915. The van der Waals surface area contributed by atoms with Crippen LogP contribution in [0.1, 0.15) is 36.6 Å². The van der Waals surface area contributed by atoms with Gasteiger partial charge in [-0.2, -0.15) is 5.10 Å². The maximum Gasteiger partial charge on any atom is 0.107 e. The van der Waals surface area contributed by atoms with Crippen LogP contribution in [0, 0.1) is 6.92 Å². The Morgan fingerprint density at radius 1 is 1.35 bits per heavy atom. The molecule has 3 nitrogen and oxygen atoms in total. The smallest absolute Gasteiger partial charge is 0.107 e. The van der Waals surface area contributed by atoms with Crippen molar-refractivity contribution in [1.29, 1.82) is 0 Å². The van der Waals surface area contributed by atoms with E-state index < -0.39 is 0 Å². The molecular formula is C16H22BrN3. The highest BCUT2D eigenvalue weighted by Crippen LogP contribution is 2.33. The summed E-state index contributed by atoms with van der Waals surface area (Å²) in [5.41, 5.74) is 6.00. The van der Waals surface area contributed by atoms with Gasteiger partial charge in [0.05, 0.1) is 10.2 Å². The number of benzene rings is 1. The van der Waals surface area contributed by atoms with Crippen molar-refractivity contribution in [2.75, 3.05) is 7.05 Å². The fourth-order valence-electron chi connectivity index (χ4n) is 2.32. The fourth-order valence-corrected chi connectivity index (χ4v) is 3.01. The molecule has 1 heterocycles. The molecule has 0 saturated heterocycles. The lowest BCUT2D eigenvalue weighted by Crippen LogP contribution is -2.10. The average Bonchev–Trinajstić information content (AvgIpc) is 2.67. The van der Waals surface area contributed by atoms with Crippen LogP contribution in [0.2, 0.25) is 0 Å². The first-order chi connectivity index (χ1) is 9.45. The number of halogens is 1. The lowest BCUT2D eigenvalue weighted by atomic mass is 9.96. The predicted octanol–water partition coefficient (Wildman–Crippen LogP) is 4.00. The van der Waals surface area contributed by atoms with Crippen molar-refractivity contribution in [1.82, 2.24) is 15.1 Å². The minimum absolute atomic E-state index is 0.522. The first kappa shape index (κ1) is 15.3. The van der Waals surface area contributed by atoms with Crippen molar-refractivity contribution >= 4 is 15.9 Å². The largest absolute Gasteiger partial charge is 0.314 e. The third-order valence-corrected chi connectivity index (χ3v) is 4.46. The van der Waals surface area contributed by atoms with E-state index in [1.54, 1.807) is 0 Å². The molecule has 2 rings (SSSR count). The molecule has 0 atom stereocenters. The second-order valence-electron chi connectivity index (χ2n) is 5.49. The number of hydrogen-bond acceptors (Lipinski definition) is 2. The van der Waals surface area contributed by atoms with E-state index in [0.717, 1.165) is 22.4 Å². The molecule has 2 aromatic rings. The second kappa shape index (κ2) is 6.10. The molecule has 108 valence electrons. The monoisotopic (exact) mass is 335 g/mol. The van der Waals surface area contributed by atoms with Crippen LogP contribution in [0.25, 0.3) is 11.3 Å². The normalized spacial score (nSPS) is 11.3. The molecule has 4 heteroatoms. The van der Waals surface area contributed by atoms with Crippen molar-refractivity contribution in [3.63, 3.8) is 0 Å². The summed E-state index contributed by atoms with van der Waals surface area (Å²) in [6, 6.07) is 6.65. The summed E-state index contributed by atoms with van der Waals surface area (Å²) < 4.78 is 3.02. The van der Waals surface area contributed by atoms with Crippen LogP contribution in [0.5, 0.6) is 0 Å². The zero-order valence-electron chi connectivity index (χ0n) is 12.8. The van der Waals surface area contributed by atoms with Crippen LogP contribution in [0.4, 0.5) is 0 Å². The van der Waals surface area contributed by atoms with Gasteiger partial charge in [0.2, 0.25) is 0 Å². The van der Waals surface area contributed by atoms with Gasteiger partial charge in [0, 0.05) is 19.2 Å². The molecule has 1 N–H and O–H groups in total. The molecule has 0 spiro atoms. The van der Waals surface area contributed by atoms with E-state index in [0.29, 0.717) is 5.92 Å². The van der Waals surface area contributed by atoms with E-state index in [-0.39, 0.29) is 0 Å². The Bertz CT molecular complexity index is 614. The highest BCUT2D eigenvalue weighted by atomic mass is 79.9. The Morgan fingerprint density at radius 3 is 2.65 bits per heavy atom. The lowest BCUT2D eigenvalue weighted by Gasteiger charge is -2.10. The lowest BCUT2D eigenvalue weighted by molar-refractivity contribution is 0.671. The highest BCUT2D eigenvalue weighted by Gasteiger charge is 2.17. The summed E-state index contributed by atoms with van der Waals surface area (Å²) in [4.78, 5) is 0. The molecule has 0 bridgehead atoms. The predicted molar refractivity (Wildman–Crippen MR) is 87.9 cm³/mol. The molecule has 0 amide bonds. The molecule has 1 aromatic carbocycles. The Kier molecular flexibility index (Phi) is 4.66. The summed E-state index contributed by atoms with van der Waals surface area (Å²) in [7, 11) is 3.94. The highest BCUT2D eigenvalue weighted by molar-refractivity contribution is 9.10. The van der Waals surface area contributed by atoms with Gasteiger partial charge in [0.1, 0.15) is 5.69 Å². The molecule has 0 radical (unpaired) electrons. The molecule has 20 heavy (non-hydrogen) atoms. The maximum atomic E-state index is 4.69. The summed E-state index contributed by atoms with van der Waals surface area (Å²) in [6.07, 6.45) is 0. The number of aromatic nitrogens is 2. The molecule has 0 unspecified atom stereocenters. The second-order valence-corrected chi connectivity index (χ2v) is 6.29. The minimum atomic E-state index is 0.522. The van der Waals surface area contributed by atoms with Gasteiger partial charge in [-0.25, -0.2) is 0 Å². The van der Waals surface area contributed by atoms with Gasteiger partial charge >= 0.3 is 0 Å². The first-order valence-corrected chi connectivity index (χ1v) is 7.71. The van der Waals surface area contributed by atoms with Gasteiger partial charge < -0.3 is 5.32 Å². The topological polar surface area (TPSA) is 29.9 Å². The Hall–Kier alpha value is -1.13. The zero-order valence-corrected chi connectivity index (χ0v) is 14.4. The van der Waals surface area contributed by atoms with E-state index in [1.165, 1.54) is 16.7 Å². The summed E-state index contributed by atoms with van der Waals surface area (Å²) in [5.74, 6) is 0.522. The Balaban J connectivity index is 2.56. The van der Waals surface area contributed by atoms with Crippen molar-refractivity contribution in [2.45, 2.75) is 33.2 Å². The van der Waals surface area contributed by atoms with Crippen LogP contribution in [0.15, 0.2) is 22.7 Å². The minimum Gasteiger partial charge on any atom is -0.314 e. The Labute approximate surface area is 129 Å². The van der Waals surface area contributed by atoms with Crippen molar-refractivity contribution in [2.24, 2.45) is 7.05 Å². The number of aryl methyl sites for hydroxylation is 2. The molecule has 0 aliphatic carbocycles. The van der Waals surface area contributed by atoms with Gasteiger partial charge in [-0.15, -0.1) is 0 Å². The molecule has 0 aliphatic rings. The molecule has 1 aromatic heterocycles. The van der Waals surface area contributed by atoms with Crippen molar-refractivity contribution in [3.8, 4) is 11.3 Å². The third kappa shape index (κ3) is 2.81. The number of hydrogen-bond donors (Lipinski definition) is 1. The average molecular weight is 336 g/mol. The third-order valence-electron chi connectivity index (χ3n) is 3.63. The maximum absolute atomic E-state index is 4.69. The van der Waals surface area contributed by atoms with Crippen LogP contribution in [0.3, 0.4) is 0 Å². The molecule has 0 fully saturated rings. The van der Waals surface area contributed by atoms with E-state index in [2.05, 4.69) is 60.2 Å². The van der Waals surface area contributed by atoms with Gasteiger partial charge in [-0.3, -0.25) is 4.68 Å². The van der Waals surface area contributed by atoms with E-state index in [9.17, 15) is 0 Å². The van der Waals surface area contributed by atoms with Crippen molar-refractivity contribution < 1.29 is 0 Å². The molecule has 0 aliphatic heterocycles. The summed E-state index contributed by atoms with van der Waals surface area (Å²) in [6.45, 7) is 7.37. The molecule has 0 saturated carbocycles. The van der Waals surface area contributed by atoms with Gasteiger partial charge in [0.25, 0.3) is 0 Å². The van der Waals surface area contributed by atoms with Crippen LogP contribution in [-0.4, -0.2) is 16.8 Å². The number of nitrogens with one attached hydrogen (secondary N) is 1. The van der Waals surface area contributed by atoms with Gasteiger partial charge in [0.15, 0.2) is 0 Å². The molecular weight excluding hydrogens is 314 g/mol. The summed E-state index contributed by atoms with van der Waals surface area (Å²) in [5, 5.41) is 7.87. The van der Waals surface area contributed by atoms with E-state index in [4.69, 9.17) is 5.10 Å². The first-order valence-electron chi connectivity index (χ1n) is 6.92. The zero-order chi connectivity index (χ0) is 14.9. The van der Waals surface area contributed by atoms with Crippen LogP contribution < -0.4 is 5.32 Å². The summed E-state index contributed by atoms with van der Waals surface area (Å²) >= 11 is 3.71. The van der Waals surface area contributed by atoms with E-state index >= 15 is 0 Å². The SMILES string of the molecule is CNCc1c(Br)c(-c2cc(C(C)C)ccc2C)nn1C. The van der Waals surface area contributed by atoms with Crippen LogP contribution in [-0.2, 0) is 13.6 Å². The van der Waals surface area contributed by atoms with Gasteiger partial charge in [-0.05, 0) is 53.0 Å². The van der Waals surface area contributed by atoms with E-state index in [1.807, 2.05) is 18.8 Å². The van der Waals surface area contributed by atoms with Crippen molar-refractivity contribution in [3.05, 3.63) is 39.5 Å². The number of rotatable bonds is 4. The van der Waals surface area contributed by atoms with Gasteiger partial charge in [-0.1, -0.05) is 26.0 Å².